The summed E-state index contributed by atoms with van der Waals surface area (Å²) in [6.45, 7) is 4.84. The number of benzene rings is 1. The van der Waals surface area contributed by atoms with Crippen molar-refractivity contribution in [1.29, 1.82) is 0 Å². The zero-order valence-electron chi connectivity index (χ0n) is 10.6. The topological polar surface area (TPSA) is 66.4 Å². The van der Waals surface area contributed by atoms with Gasteiger partial charge in [0.15, 0.2) is 0 Å². The van der Waals surface area contributed by atoms with Crippen LogP contribution in [0.4, 0.5) is 5.69 Å². The van der Waals surface area contributed by atoms with E-state index in [-0.39, 0.29) is 12.3 Å². The number of nitrogens with one attached hydrogen (secondary N) is 1. The summed E-state index contributed by atoms with van der Waals surface area (Å²) in [7, 11) is 0. The SMILES string of the molecule is Cc1cccc(Cl)c1NC(=O)CC(C)(C)C(=O)O. The predicted molar refractivity (Wildman–Crippen MR) is 70.9 cm³/mol. The minimum atomic E-state index is -1.10. The van der Waals surface area contributed by atoms with E-state index >= 15 is 0 Å². The average Bonchev–Trinajstić information content (AvgIpc) is 2.22. The number of para-hydroxylation sites is 1. The van der Waals surface area contributed by atoms with Gasteiger partial charge in [0.25, 0.3) is 0 Å². The van der Waals surface area contributed by atoms with Crippen LogP contribution in [0.5, 0.6) is 0 Å². The number of aliphatic carboxylic acids is 1. The maximum atomic E-state index is 11.8. The average molecular weight is 270 g/mol. The highest BCUT2D eigenvalue weighted by Gasteiger charge is 2.30. The fourth-order valence-electron chi connectivity index (χ4n) is 1.45. The van der Waals surface area contributed by atoms with Gasteiger partial charge in [-0.3, -0.25) is 9.59 Å². The van der Waals surface area contributed by atoms with E-state index in [1.54, 1.807) is 12.1 Å². The number of rotatable bonds is 4. The number of aryl methyl sites for hydroxylation is 1. The standard InChI is InChI=1S/C13H16ClNO3/c1-8-5-4-6-9(14)11(8)15-10(16)7-13(2,3)12(17)18/h4-6H,7H2,1-3H3,(H,15,16)(H,17,18). The van der Waals surface area contributed by atoms with Gasteiger partial charge >= 0.3 is 5.97 Å². The third-order valence-electron chi connectivity index (χ3n) is 2.67. The van der Waals surface area contributed by atoms with Crippen molar-refractivity contribution in [2.75, 3.05) is 5.32 Å². The third kappa shape index (κ3) is 3.47. The van der Waals surface area contributed by atoms with Gasteiger partial charge in [-0.05, 0) is 32.4 Å². The molecule has 0 aliphatic heterocycles. The van der Waals surface area contributed by atoms with Gasteiger partial charge in [0.05, 0.1) is 16.1 Å². The first-order valence-corrected chi connectivity index (χ1v) is 5.90. The summed E-state index contributed by atoms with van der Waals surface area (Å²) in [5.74, 6) is -1.37. The fraction of sp³-hybridized carbons (Fsp3) is 0.385. The highest BCUT2D eigenvalue weighted by Crippen LogP contribution is 2.27. The van der Waals surface area contributed by atoms with Crippen LogP contribution in [0.2, 0.25) is 5.02 Å². The molecule has 0 aliphatic rings. The molecule has 0 atom stereocenters. The molecule has 4 nitrogen and oxygen atoms in total. The van der Waals surface area contributed by atoms with Gasteiger partial charge in [-0.1, -0.05) is 23.7 Å². The molecule has 0 aromatic heterocycles. The Morgan fingerprint density at radius 3 is 2.50 bits per heavy atom. The van der Waals surface area contributed by atoms with Crippen molar-refractivity contribution >= 4 is 29.2 Å². The number of carbonyl (C=O) groups excluding carboxylic acids is 1. The van der Waals surface area contributed by atoms with Crippen LogP contribution >= 0.6 is 11.6 Å². The molecule has 0 fully saturated rings. The number of carboxylic acid groups (broad SMARTS) is 1. The summed E-state index contributed by atoms with van der Waals surface area (Å²) in [5.41, 5.74) is 0.272. The van der Waals surface area contributed by atoms with Crippen LogP contribution in [0, 0.1) is 12.3 Å². The first kappa shape index (κ1) is 14.5. The monoisotopic (exact) mass is 269 g/mol. The van der Waals surface area contributed by atoms with Crippen molar-refractivity contribution in [2.24, 2.45) is 5.41 Å². The van der Waals surface area contributed by atoms with Gasteiger partial charge in [-0.2, -0.15) is 0 Å². The highest BCUT2D eigenvalue weighted by atomic mass is 35.5. The number of halogens is 1. The summed E-state index contributed by atoms with van der Waals surface area (Å²) in [6.07, 6.45) is -0.104. The summed E-state index contributed by atoms with van der Waals surface area (Å²) in [4.78, 5) is 22.7. The molecule has 0 saturated heterocycles. The molecule has 0 aliphatic carbocycles. The second-order valence-corrected chi connectivity index (χ2v) is 5.25. The van der Waals surface area contributed by atoms with Crippen LogP contribution in [0.25, 0.3) is 0 Å². The Kier molecular flexibility index (Phi) is 4.35. The maximum Gasteiger partial charge on any atom is 0.309 e. The van der Waals surface area contributed by atoms with Crippen molar-refractivity contribution in [3.8, 4) is 0 Å². The van der Waals surface area contributed by atoms with E-state index in [0.717, 1.165) is 5.56 Å². The summed E-state index contributed by atoms with van der Waals surface area (Å²) in [5, 5.41) is 12.1. The number of carboxylic acids is 1. The molecule has 1 amide bonds. The molecule has 0 radical (unpaired) electrons. The van der Waals surface area contributed by atoms with Crippen molar-refractivity contribution in [3.63, 3.8) is 0 Å². The largest absolute Gasteiger partial charge is 0.481 e. The Labute approximate surface area is 111 Å². The summed E-state index contributed by atoms with van der Waals surface area (Å²) >= 11 is 5.98. The quantitative estimate of drug-likeness (QED) is 0.883. The molecule has 0 saturated carbocycles. The van der Waals surface area contributed by atoms with Crippen LogP contribution in [0.1, 0.15) is 25.8 Å². The highest BCUT2D eigenvalue weighted by molar-refractivity contribution is 6.33. The number of hydrogen-bond acceptors (Lipinski definition) is 2. The minimum absolute atomic E-state index is 0.104. The Morgan fingerprint density at radius 1 is 1.39 bits per heavy atom. The lowest BCUT2D eigenvalue weighted by atomic mass is 9.89. The second-order valence-electron chi connectivity index (χ2n) is 4.85. The van der Waals surface area contributed by atoms with Crippen molar-refractivity contribution in [2.45, 2.75) is 27.2 Å². The molecule has 0 spiro atoms. The van der Waals surface area contributed by atoms with Crippen molar-refractivity contribution < 1.29 is 14.7 Å². The van der Waals surface area contributed by atoms with Gasteiger partial charge in [0.1, 0.15) is 0 Å². The summed E-state index contributed by atoms with van der Waals surface area (Å²) in [6, 6.07) is 5.28. The molecule has 5 heteroatoms. The van der Waals surface area contributed by atoms with Crippen LogP contribution in [0.15, 0.2) is 18.2 Å². The maximum absolute atomic E-state index is 11.8. The molecule has 0 unspecified atom stereocenters. The Bertz CT molecular complexity index is 463. The van der Waals surface area contributed by atoms with E-state index in [1.807, 2.05) is 13.0 Å². The van der Waals surface area contributed by atoms with E-state index in [2.05, 4.69) is 5.32 Å². The number of hydrogen-bond donors (Lipinski definition) is 2. The fourth-order valence-corrected chi connectivity index (χ4v) is 1.72. The zero-order valence-corrected chi connectivity index (χ0v) is 11.3. The Hall–Kier alpha value is -1.55. The normalized spacial score (nSPS) is 11.1. The molecule has 2 N–H and O–H groups in total. The second kappa shape index (κ2) is 5.40. The number of amides is 1. The lowest BCUT2D eigenvalue weighted by Gasteiger charge is -2.19. The van der Waals surface area contributed by atoms with Crippen LogP contribution in [0.3, 0.4) is 0 Å². The van der Waals surface area contributed by atoms with Gasteiger partial charge in [-0.15, -0.1) is 0 Å². The molecule has 0 heterocycles. The van der Waals surface area contributed by atoms with E-state index < -0.39 is 11.4 Å². The van der Waals surface area contributed by atoms with Crippen LogP contribution in [-0.4, -0.2) is 17.0 Å². The molecule has 1 aromatic carbocycles. The Balaban J connectivity index is 2.80. The predicted octanol–water partition coefficient (Wildman–Crippen LogP) is 3.09. The molecule has 1 rings (SSSR count). The van der Waals surface area contributed by atoms with E-state index in [1.165, 1.54) is 13.8 Å². The van der Waals surface area contributed by atoms with Crippen molar-refractivity contribution in [1.82, 2.24) is 0 Å². The van der Waals surface area contributed by atoms with Gasteiger partial charge < -0.3 is 10.4 Å². The number of anilines is 1. The Morgan fingerprint density at radius 2 is 2.00 bits per heavy atom. The molecule has 18 heavy (non-hydrogen) atoms. The lowest BCUT2D eigenvalue weighted by Crippen LogP contribution is -2.29. The molecule has 0 bridgehead atoms. The molecule has 98 valence electrons. The summed E-state index contributed by atoms with van der Waals surface area (Å²) < 4.78 is 0. The number of carbonyl (C=O) groups is 2. The van der Waals surface area contributed by atoms with E-state index in [0.29, 0.717) is 10.7 Å². The molecular weight excluding hydrogens is 254 g/mol. The minimum Gasteiger partial charge on any atom is -0.481 e. The van der Waals surface area contributed by atoms with Crippen LogP contribution in [-0.2, 0) is 9.59 Å². The first-order valence-electron chi connectivity index (χ1n) is 5.52. The smallest absolute Gasteiger partial charge is 0.309 e. The van der Waals surface area contributed by atoms with Crippen LogP contribution < -0.4 is 5.32 Å². The van der Waals surface area contributed by atoms with Crippen molar-refractivity contribution in [3.05, 3.63) is 28.8 Å². The molecular formula is C13H16ClNO3. The first-order chi connectivity index (χ1) is 8.24. The lowest BCUT2D eigenvalue weighted by molar-refractivity contribution is -0.148. The zero-order chi connectivity index (χ0) is 13.9. The van der Waals surface area contributed by atoms with E-state index in [4.69, 9.17) is 16.7 Å². The molecule has 1 aromatic rings. The van der Waals surface area contributed by atoms with Gasteiger partial charge in [-0.25, -0.2) is 0 Å². The van der Waals surface area contributed by atoms with Gasteiger partial charge in [0.2, 0.25) is 5.91 Å². The third-order valence-corrected chi connectivity index (χ3v) is 2.98. The van der Waals surface area contributed by atoms with Gasteiger partial charge in [0, 0.05) is 6.42 Å². The van der Waals surface area contributed by atoms with E-state index in [9.17, 15) is 9.59 Å².